The minimum Gasteiger partial charge on any atom is -0.481 e. The first-order chi connectivity index (χ1) is 9.17. The standard InChI is InChI=1S/C14H17N3O2/c1-3-11-12(4-7-16-13(11)15-2)17-8-5-10(6-9-17)14(18)19/h3-4,7,10H,1-2,5-6,8-9H2,(H,18,19). The molecule has 0 unspecified atom stereocenters. The van der Waals surface area contributed by atoms with Gasteiger partial charge >= 0.3 is 5.97 Å². The van der Waals surface area contributed by atoms with Gasteiger partial charge in [-0.1, -0.05) is 12.7 Å². The van der Waals surface area contributed by atoms with E-state index in [1.807, 2.05) is 6.07 Å². The lowest BCUT2D eigenvalue weighted by molar-refractivity contribution is -0.142. The molecule has 0 bridgehead atoms. The molecule has 2 heterocycles. The van der Waals surface area contributed by atoms with Crippen LogP contribution in [0.4, 0.5) is 11.5 Å². The van der Waals surface area contributed by atoms with Crippen molar-refractivity contribution in [1.29, 1.82) is 0 Å². The van der Waals surface area contributed by atoms with Crippen LogP contribution in [0.25, 0.3) is 6.08 Å². The molecule has 5 heteroatoms. The number of hydrogen-bond donors (Lipinski definition) is 1. The van der Waals surface area contributed by atoms with Gasteiger partial charge in [0, 0.05) is 30.5 Å². The topological polar surface area (TPSA) is 65.8 Å². The average molecular weight is 259 g/mol. The highest BCUT2D eigenvalue weighted by atomic mass is 16.4. The van der Waals surface area contributed by atoms with E-state index >= 15 is 0 Å². The second-order valence-electron chi connectivity index (χ2n) is 4.53. The van der Waals surface area contributed by atoms with Gasteiger partial charge in [-0.15, -0.1) is 0 Å². The third-order valence-electron chi connectivity index (χ3n) is 3.48. The lowest BCUT2D eigenvalue weighted by Crippen LogP contribution is -2.36. The van der Waals surface area contributed by atoms with Crippen molar-refractivity contribution in [1.82, 2.24) is 4.98 Å². The van der Waals surface area contributed by atoms with Gasteiger partial charge in [-0.2, -0.15) is 0 Å². The van der Waals surface area contributed by atoms with Crippen LogP contribution in [-0.4, -0.2) is 35.9 Å². The summed E-state index contributed by atoms with van der Waals surface area (Å²) in [6.07, 6.45) is 4.72. The fourth-order valence-corrected chi connectivity index (χ4v) is 2.42. The molecular formula is C14H17N3O2. The van der Waals surface area contributed by atoms with Crippen molar-refractivity contribution >= 4 is 30.3 Å². The number of anilines is 1. The summed E-state index contributed by atoms with van der Waals surface area (Å²) in [4.78, 5) is 21.1. The zero-order chi connectivity index (χ0) is 13.8. The maximum absolute atomic E-state index is 11.0. The van der Waals surface area contributed by atoms with Gasteiger partial charge in [0.05, 0.1) is 5.92 Å². The van der Waals surface area contributed by atoms with E-state index in [1.54, 1.807) is 12.3 Å². The van der Waals surface area contributed by atoms with Crippen molar-refractivity contribution < 1.29 is 9.90 Å². The fourth-order valence-electron chi connectivity index (χ4n) is 2.42. The molecule has 0 aromatic carbocycles. The van der Waals surface area contributed by atoms with Gasteiger partial charge in [0.1, 0.15) is 0 Å². The van der Waals surface area contributed by atoms with Crippen LogP contribution >= 0.6 is 0 Å². The molecule has 0 saturated carbocycles. The van der Waals surface area contributed by atoms with Gasteiger partial charge in [-0.05, 0) is 25.6 Å². The maximum atomic E-state index is 11.0. The first-order valence-electron chi connectivity index (χ1n) is 6.23. The van der Waals surface area contributed by atoms with Crippen LogP contribution in [0.15, 0.2) is 23.8 Å². The Morgan fingerprint density at radius 3 is 2.74 bits per heavy atom. The van der Waals surface area contributed by atoms with Crippen LogP contribution in [0.5, 0.6) is 0 Å². The average Bonchev–Trinajstić information content (AvgIpc) is 2.46. The first-order valence-corrected chi connectivity index (χ1v) is 6.23. The highest BCUT2D eigenvalue weighted by Crippen LogP contribution is 2.31. The molecule has 0 spiro atoms. The summed E-state index contributed by atoms with van der Waals surface area (Å²) in [5, 5.41) is 9.01. The number of carboxylic acids is 1. The first kappa shape index (κ1) is 13.3. The highest BCUT2D eigenvalue weighted by molar-refractivity contribution is 5.75. The van der Waals surface area contributed by atoms with Gasteiger partial charge in [0.25, 0.3) is 0 Å². The van der Waals surface area contributed by atoms with Gasteiger partial charge in [0.15, 0.2) is 5.82 Å². The summed E-state index contributed by atoms with van der Waals surface area (Å²) < 4.78 is 0. The molecule has 5 nitrogen and oxygen atoms in total. The quantitative estimate of drug-likeness (QED) is 0.843. The van der Waals surface area contributed by atoms with Crippen LogP contribution < -0.4 is 4.90 Å². The largest absolute Gasteiger partial charge is 0.481 e. The predicted molar refractivity (Wildman–Crippen MR) is 76.1 cm³/mol. The Balaban J connectivity index is 2.22. The van der Waals surface area contributed by atoms with Crippen molar-refractivity contribution in [2.24, 2.45) is 10.9 Å². The van der Waals surface area contributed by atoms with Crippen molar-refractivity contribution in [3.05, 3.63) is 24.4 Å². The Morgan fingerprint density at radius 2 is 2.21 bits per heavy atom. The normalized spacial score (nSPS) is 16.1. The summed E-state index contributed by atoms with van der Waals surface area (Å²) in [6.45, 7) is 8.74. The van der Waals surface area contributed by atoms with Crippen LogP contribution in [0.2, 0.25) is 0 Å². The lowest BCUT2D eigenvalue weighted by Gasteiger charge is -2.33. The maximum Gasteiger partial charge on any atom is 0.306 e. The third-order valence-corrected chi connectivity index (χ3v) is 3.48. The Morgan fingerprint density at radius 1 is 1.53 bits per heavy atom. The molecule has 1 aliphatic heterocycles. The number of pyridine rings is 1. The van der Waals surface area contributed by atoms with Gasteiger partial charge in [-0.3, -0.25) is 4.79 Å². The molecular weight excluding hydrogens is 242 g/mol. The minimum absolute atomic E-state index is 0.234. The lowest BCUT2D eigenvalue weighted by atomic mass is 9.96. The van der Waals surface area contributed by atoms with Crippen LogP contribution in [0, 0.1) is 5.92 Å². The number of aromatic nitrogens is 1. The molecule has 1 N–H and O–H groups in total. The fraction of sp³-hybridized carbons (Fsp3) is 0.357. The zero-order valence-corrected chi connectivity index (χ0v) is 10.7. The molecule has 0 radical (unpaired) electrons. The molecule has 2 rings (SSSR count). The number of aliphatic carboxylic acids is 1. The zero-order valence-electron chi connectivity index (χ0n) is 10.7. The highest BCUT2D eigenvalue weighted by Gasteiger charge is 2.25. The second kappa shape index (κ2) is 5.65. The smallest absolute Gasteiger partial charge is 0.306 e. The number of carboxylic acid groups (broad SMARTS) is 1. The minimum atomic E-state index is -0.702. The number of carbonyl (C=O) groups is 1. The Hall–Kier alpha value is -2.17. The molecule has 100 valence electrons. The number of rotatable bonds is 4. The summed E-state index contributed by atoms with van der Waals surface area (Å²) in [6, 6.07) is 1.91. The molecule has 0 aliphatic carbocycles. The van der Waals surface area contributed by atoms with Gasteiger partial charge < -0.3 is 10.0 Å². The van der Waals surface area contributed by atoms with E-state index in [4.69, 9.17) is 5.11 Å². The van der Waals surface area contributed by atoms with E-state index in [-0.39, 0.29) is 5.92 Å². The Labute approximate surface area is 112 Å². The summed E-state index contributed by atoms with van der Waals surface area (Å²) in [5.74, 6) is -0.373. The van der Waals surface area contributed by atoms with E-state index in [2.05, 4.69) is 28.2 Å². The molecule has 1 fully saturated rings. The molecule has 1 saturated heterocycles. The van der Waals surface area contributed by atoms with Gasteiger partial charge in [-0.25, -0.2) is 9.98 Å². The van der Waals surface area contributed by atoms with Gasteiger partial charge in [0.2, 0.25) is 0 Å². The number of aliphatic imine (C=N–C) groups is 1. The monoisotopic (exact) mass is 259 g/mol. The van der Waals surface area contributed by atoms with Crippen molar-refractivity contribution in [3.63, 3.8) is 0 Å². The van der Waals surface area contributed by atoms with E-state index in [0.29, 0.717) is 18.7 Å². The SMILES string of the molecule is C=Cc1c(N2CCC(C(=O)O)CC2)ccnc1N=C. The third kappa shape index (κ3) is 2.65. The van der Waals surface area contributed by atoms with Crippen molar-refractivity contribution in [2.45, 2.75) is 12.8 Å². The second-order valence-corrected chi connectivity index (χ2v) is 4.53. The summed E-state index contributed by atoms with van der Waals surface area (Å²) in [7, 11) is 0. The molecule has 1 aromatic heterocycles. The van der Waals surface area contributed by atoms with Crippen molar-refractivity contribution in [3.8, 4) is 0 Å². The summed E-state index contributed by atoms with van der Waals surface area (Å²) >= 11 is 0. The van der Waals surface area contributed by atoms with E-state index in [0.717, 1.165) is 24.3 Å². The molecule has 1 aliphatic rings. The molecule has 19 heavy (non-hydrogen) atoms. The number of hydrogen-bond acceptors (Lipinski definition) is 4. The van der Waals surface area contributed by atoms with E-state index in [1.165, 1.54) is 0 Å². The van der Waals surface area contributed by atoms with Crippen LogP contribution in [0.3, 0.4) is 0 Å². The van der Waals surface area contributed by atoms with Crippen LogP contribution in [0.1, 0.15) is 18.4 Å². The number of nitrogens with zero attached hydrogens (tertiary/aromatic N) is 3. The van der Waals surface area contributed by atoms with E-state index in [9.17, 15) is 4.79 Å². The van der Waals surface area contributed by atoms with E-state index < -0.39 is 5.97 Å². The van der Waals surface area contributed by atoms with Crippen LogP contribution in [-0.2, 0) is 4.79 Å². The molecule has 0 atom stereocenters. The summed E-state index contributed by atoms with van der Waals surface area (Å²) in [5.41, 5.74) is 1.85. The molecule has 0 amide bonds. The Kier molecular flexibility index (Phi) is 3.94. The molecule has 1 aromatic rings. The number of piperidine rings is 1. The van der Waals surface area contributed by atoms with Crippen molar-refractivity contribution in [2.75, 3.05) is 18.0 Å². The Bertz CT molecular complexity index is 505. The predicted octanol–water partition coefficient (Wildman–Crippen LogP) is 2.36.